The van der Waals surface area contributed by atoms with E-state index in [4.69, 9.17) is 11.5 Å². The topological polar surface area (TPSA) is 94.3 Å². The van der Waals surface area contributed by atoms with Crippen molar-refractivity contribution in [1.29, 1.82) is 0 Å². The molecule has 120 valence electrons. The molecule has 1 aromatic rings. The lowest BCUT2D eigenvalue weighted by atomic mass is 9.82. The first kappa shape index (κ1) is 16.3. The van der Waals surface area contributed by atoms with E-state index in [1.165, 1.54) is 10.8 Å². The Morgan fingerprint density at radius 1 is 1.32 bits per heavy atom. The fraction of sp³-hybridized carbons (Fsp3) is 0.500. The molecular formula is C16H24N4O2. The molecule has 0 aromatic carbocycles. The van der Waals surface area contributed by atoms with Crippen molar-refractivity contribution in [3.8, 4) is 0 Å². The van der Waals surface area contributed by atoms with Crippen molar-refractivity contribution in [2.75, 3.05) is 0 Å². The van der Waals surface area contributed by atoms with Crippen LogP contribution in [0.3, 0.4) is 0 Å². The second-order valence-electron chi connectivity index (χ2n) is 6.99. The molecule has 0 bridgehead atoms. The summed E-state index contributed by atoms with van der Waals surface area (Å²) in [7, 11) is 0. The Morgan fingerprint density at radius 2 is 1.91 bits per heavy atom. The van der Waals surface area contributed by atoms with Gasteiger partial charge in [0.25, 0.3) is 5.91 Å². The maximum Gasteiger partial charge on any atom is 0.323 e. The third kappa shape index (κ3) is 2.23. The molecule has 1 aliphatic rings. The SMILES string of the molecule is CC(C)C1=CN(C(C)(C)C)C(=O)C1(N)c1cccn1C(N)=O. The third-order valence-corrected chi connectivity index (χ3v) is 4.01. The first-order valence-electron chi connectivity index (χ1n) is 7.33. The van der Waals surface area contributed by atoms with Crippen LogP contribution in [0.25, 0.3) is 0 Å². The van der Waals surface area contributed by atoms with Crippen LogP contribution in [0.2, 0.25) is 0 Å². The van der Waals surface area contributed by atoms with Gasteiger partial charge in [-0.05, 0) is 44.4 Å². The zero-order valence-corrected chi connectivity index (χ0v) is 13.8. The predicted octanol–water partition coefficient (Wildman–Crippen LogP) is 1.75. The molecule has 2 heterocycles. The number of aromatic nitrogens is 1. The van der Waals surface area contributed by atoms with E-state index in [2.05, 4.69) is 0 Å². The summed E-state index contributed by atoms with van der Waals surface area (Å²) < 4.78 is 1.24. The summed E-state index contributed by atoms with van der Waals surface area (Å²) >= 11 is 0. The molecule has 2 amide bonds. The molecule has 1 aliphatic heterocycles. The second kappa shape index (κ2) is 4.98. The molecule has 6 nitrogen and oxygen atoms in total. The lowest BCUT2D eigenvalue weighted by Crippen LogP contribution is -2.53. The Labute approximate surface area is 130 Å². The van der Waals surface area contributed by atoms with Crippen LogP contribution in [-0.4, -0.2) is 26.9 Å². The van der Waals surface area contributed by atoms with E-state index >= 15 is 0 Å². The number of hydrogen-bond acceptors (Lipinski definition) is 3. The molecule has 1 unspecified atom stereocenters. The number of rotatable bonds is 2. The minimum Gasteiger partial charge on any atom is -0.351 e. The Bertz CT molecular complexity index is 651. The number of hydrogen-bond donors (Lipinski definition) is 2. The van der Waals surface area contributed by atoms with Crippen LogP contribution >= 0.6 is 0 Å². The Kier molecular flexibility index (Phi) is 3.69. The average molecular weight is 304 g/mol. The summed E-state index contributed by atoms with van der Waals surface area (Å²) in [6, 6.07) is 2.68. The Hall–Kier alpha value is -2.08. The van der Waals surface area contributed by atoms with Crippen molar-refractivity contribution in [2.45, 2.75) is 45.7 Å². The largest absolute Gasteiger partial charge is 0.351 e. The zero-order chi connectivity index (χ0) is 16.9. The molecule has 6 heteroatoms. The quantitative estimate of drug-likeness (QED) is 0.871. The monoisotopic (exact) mass is 304 g/mol. The first-order chi connectivity index (χ1) is 10.0. The van der Waals surface area contributed by atoms with Gasteiger partial charge in [0.2, 0.25) is 0 Å². The summed E-state index contributed by atoms with van der Waals surface area (Å²) in [6.07, 6.45) is 3.34. The molecular weight excluding hydrogens is 280 g/mol. The van der Waals surface area contributed by atoms with Crippen LogP contribution in [0.15, 0.2) is 30.1 Å². The molecule has 0 radical (unpaired) electrons. The van der Waals surface area contributed by atoms with E-state index in [-0.39, 0.29) is 11.8 Å². The predicted molar refractivity (Wildman–Crippen MR) is 84.8 cm³/mol. The summed E-state index contributed by atoms with van der Waals surface area (Å²) in [5.74, 6) is -0.192. The lowest BCUT2D eigenvalue weighted by Gasteiger charge is -2.34. The maximum absolute atomic E-state index is 13.0. The van der Waals surface area contributed by atoms with Gasteiger partial charge in [-0.2, -0.15) is 0 Å². The van der Waals surface area contributed by atoms with Gasteiger partial charge in [0.1, 0.15) is 0 Å². The van der Waals surface area contributed by atoms with Crippen LogP contribution in [0.1, 0.15) is 40.3 Å². The van der Waals surface area contributed by atoms with Crippen molar-refractivity contribution in [2.24, 2.45) is 17.4 Å². The van der Waals surface area contributed by atoms with Crippen molar-refractivity contribution in [3.63, 3.8) is 0 Å². The highest BCUT2D eigenvalue weighted by Gasteiger charge is 2.52. The van der Waals surface area contributed by atoms with Crippen molar-refractivity contribution >= 4 is 11.9 Å². The van der Waals surface area contributed by atoms with Crippen molar-refractivity contribution in [1.82, 2.24) is 9.47 Å². The van der Waals surface area contributed by atoms with Gasteiger partial charge in [-0.25, -0.2) is 4.79 Å². The van der Waals surface area contributed by atoms with E-state index in [1.807, 2.05) is 40.8 Å². The highest BCUT2D eigenvalue weighted by molar-refractivity contribution is 5.96. The third-order valence-electron chi connectivity index (χ3n) is 4.01. The molecule has 0 spiro atoms. The fourth-order valence-electron chi connectivity index (χ4n) is 2.87. The van der Waals surface area contributed by atoms with Crippen molar-refractivity contribution in [3.05, 3.63) is 35.8 Å². The molecule has 0 fully saturated rings. The molecule has 0 saturated carbocycles. The Balaban J connectivity index is 2.66. The van der Waals surface area contributed by atoms with Crippen LogP contribution in [0.4, 0.5) is 4.79 Å². The van der Waals surface area contributed by atoms with Gasteiger partial charge in [0.05, 0.1) is 5.69 Å². The van der Waals surface area contributed by atoms with E-state index in [1.54, 1.807) is 17.0 Å². The molecule has 1 atom stereocenters. The molecule has 2 rings (SSSR count). The normalized spacial score (nSPS) is 22.4. The van der Waals surface area contributed by atoms with Gasteiger partial charge >= 0.3 is 6.03 Å². The van der Waals surface area contributed by atoms with E-state index in [9.17, 15) is 9.59 Å². The van der Waals surface area contributed by atoms with E-state index in [0.717, 1.165) is 5.57 Å². The highest BCUT2D eigenvalue weighted by Crippen LogP contribution is 2.41. The molecule has 0 saturated heterocycles. The van der Waals surface area contributed by atoms with Gasteiger partial charge in [-0.15, -0.1) is 0 Å². The first-order valence-corrected chi connectivity index (χ1v) is 7.33. The summed E-state index contributed by atoms with van der Waals surface area (Å²) in [5.41, 5.74) is 11.3. The standard InChI is InChI=1S/C16H24N4O2/c1-10(2)11-9-20(15(3,4)5)13(21)16(11,18)12-7-6-8-19(12)14(17)22/h6-10H,18H2,1-5H3,(H2,17,22). The summed E-state index contributed by atoms with van der Waals surface area (Å²) in [5, 5.41) is 0. The maximum atomic E-state index is 13.0. The number of primary amides is 1. The number of nitrogens with zero attached hydrogens (tertiary/aromatic N) is 2. The smallest absolute Gasteiger partial charge is 0.323 e. The fourth-order valence-corrected chi connectivity index (χ4v) is 2.87. The molecule has 0 aliphatic carbocycles. The van der Waals surface area contributed by atoms with Gasteiger partial charge in [0, 0.05) is 17.9 Å². The molecule has 4 N–H and O–H groups in total. The van der Waals surface area contributed by atoms with Crippen LogP contribution in [0.5, 0.6) is 0 Å². The number of carbonyl (C=O) groups excluding carboxylic acids is 2. The lowest BCUT2D eigenvalue weighted by molar-refractivity contribution is -0.135. The molecule has 22 heavy (non-hydrogen) atoms. The zero-order valence-electron chi connectivity index (χ0n) is 13.8. The number of amides is 2. The summed E-state index contributed by atoms with van der Waals surface area (Å²) in [6.45, 7) is 9.78. The van der Waals surface area contributed by atoms with Crippen molar-refractivity contribution < 1.29 is 9.59 Å². The van der Waals surface area contributed by atoms with Crippen LogP contribution in [-0.2, 0) is 10.3 Å². The van der Waals surface area contributed by atoms with E-state index in [0.29, 0.717) is 5.69 Å². The van der Waals surface area contributed by atoms with Crippen LogP contribution in [0, 0.1) is 5.92 Å². The van der Waals surface area contributed by atoms with Gasteiger partial charge in [0.15, 0.2) is 5.54 Å². The highest BCUT2D eigenvalue weighted by atomic mass is 16.2. The average Bonchev–Trinajstić information content (AvgIpc) is 2.94. The van der Waals surface area contributed by atoms with Gasteiger partial charge in [-0.3, -0.25) is 9.36 Å². The second-order valence-corrected chi connectivity index (χ2v) is 6.99. The minimum atomic E-state index is -1.38. The van der Waals surface area contributed by atoms with Crippen LogP contribution < -0.4 is 11.5 Å². The van der Waals surface area contributed by atoms with E-state index < -0.39 is 17.1 Å². The van der Waals surface area contributed by atoms with Gasteiger partial charge < -0.3 is 16.4 Å². The van der Waals surface area contributed by atoms with Gasteiger partial charge in [-0.1, -0.05) is 13.8 Å². The number of carbonyl (C=O) groups is 2. The Morgan fingerprint density at radius 3 is 2.36 bits per heavy atom. The summed E-state index contributed by atoms with van der Waals surface area (Å²) in [4.78, 5) is 26.3. The molecule has 1 aromatic heterocycles. The minimum absolute atomic E-state index is 0.0533. The number of nitrogens with two attached hydrogens (primary N) is 2.